The van der Waals surface area contributed by atoms with E-state index in [0.29, 0.717) is 6.54 Å². The van der Waals surface area contributed by atoms with Crippen molar-refractivity contribution in [3.63, 3.8) is 0 Å². The Kier molecular flexibility index (Phi) is 4.70. The molecule has 1 aromatic carbocycles. The zero-order chi connectivity index (χ0) is 14.6. The summed E-state index contributed by atoms with van der Waals surface area (Å²) in [4.78, 5) is 1.83. The molecule has 0 bridgehead atoms. The van der Waals surface area contributed by atoms with E-state index in [9.17, 15) is 12.8 Å². The Morgan fingerprint density at radius 2 is 2.30 bits per heavy atom. The van der Waals surface area contributed by atoms with Crippen LogP contribution < -0.4 is 4.72 Å². The molecule has 1 aliphatic heterocycles. The summed E-state index contributed by atoms with van der Waals surface area (Å²) in [6.07, 6.45) is 1.55. The molecule has 0 spiro atoms. The number of rotatable bonds is 4. The molecule has 5 nitrogen and oxygen atoms in total. The molecule has 0 saturated carbocycles. The summed E-state index contributed by atoms with van der Waals surface area (Å²) in [5, 5.41) is 8.67. The molecule has 0 amide bonds. The largest absolute Gasteiger partial charge is 0.289 e. The maximum atomic E-state index is 13.1. The lowest BCUT2D eigenvalue weighted by Crippen LogP contribution is -2.47. The zero-order valence-corrected chi connectivity index (χ0v) is 11.7. The molecule has 1 fully saturated rings. The minimum atomic E-state index is -3.72. The highest BCUT2D eigenvalue weighted by Gasteiger charge is 2.25. The van der Waals surface area contributed by atoms with Gasteiger partial charge in [-0.1, -0.05) is 6.07 Å². The minimum absolute atomic E-state index is 0.0742. The summed E-state index contributed by atoms with van der Waals surface area (Å²) in [7, 11) is -3.72. The van der Waals surface area contributed by atoms with Gasteiger partial charge in [-0.2, -0.15) is 5.26 Å². The van der Waals surface area contributed by atoms with Crippen molar-refractivity contribution >= 4 is 10.0 Å². The Labute approximate surface area is 118 Å². The summed E-state index contributed by atoms with van der Waals surface area (Å²) >= 11 is 0. The molecule has 0 aliphatic carbocycles. The van der Waals surface area contributed by atoms with Gasteiger partial charge in [0.25, 0.3) is 0 Å². The molecule has 20 heavy (non-hydrogen) atoms. The van der Waals surface area contributed by atoms with Crippen LogP contribution in [0.5, 0.6) is 0 Å². The van der Waals surface area contributed by atoms with Crippen LogP contribution in [0.25, 0.3) is 0 Å². The van der Waals surface area contributed by atoms with Gasteiger partial charge in [0.05, 0.1) is 17.5 Å². The first-order valence-electron chi connectivity index (χ1n) is 6.38. The second kappa shape index (κ2) is 6.31. The lowest BCUT2D eigenvalue weighted by molar-refractivity contribution is 0.223. The monoisotopic (exact) mass is 297 g/mol. The van der Waals surface area contributed by atoms with Crippen molar-refractivity contribution in [3.8, 4) is 6.07 Å². The van der Waals surface area contributed by atoms with Gasteiger partial charge in [0.1, 0.15) is 5.82 Å². The molecule has 108 valence electrons. The number of nitriles is 1. The lowest BCUT2D eigenvalue weighted by Gasteiger charge is -2.31. The molecule has 0 unspecified atom stereocenters. The van der Waals surface area contributed by atoms with Gasteiger partial charge in [0, 0.05) is 12.6 Å². The smallest absolute Gasteiger partial charge is 0.240 e. The van der Waals surface area contributed by atoms with Crippen molar-refractivity contribution in [1.82, 2.24) is 9.62 Å². The molecular formula is C13H16FN3O2S. The third kappa shape index (κ3) is 3.76. The fourth-order valence-electron chi connectivity index (χ4n) is 2.32. The normalized spacial score (nSPS) is 20.5. The van der Waals surface area contributed by atoms with E-state index < -0.39 is 15.8 Å². The summed E-state index contributed by atoms with van der Waals surface area (Å²) in [5.74, 6) is -0.581. The van der Waals surface area contributed by atoms with Gasteiger partial charge in [0.15, 0.2) is 0 Å². The average Bonchev–Trinajstić information content (AvgIpc) is 2.39. The maximum absolute atomic E-state index is 13.1. The summed E-state index contributed by atoms with van der Waals surface area (Å²) in [6, 6.07) is 6.75. The van der Waals surface area contributed by atoms with Crippen molar-refractivity contribution in [2.45, 2.75) is 23.8 Å². The van der Waals surface area contributed by atoms with Crippen LogP contribution in [0.15, 0.2) is 29.2 Å². The first-order valence-corrected chi connectivity index (χ1v) is 7.87. The molecule has 1 saturated heterocycles. The van der Waals surface area contributed by atoms with Gasteiger partial charge in [-0.3, -0.25) is 4.90 Å². The van der Waals surface area contributed by atoms with E-state index in [1.54, 1.807) is 0 Å². The second-order valence-electron chi connectivity index (χ2n) is 4.81. The standard InChI is InChI=1S/C13H16FN3O2S/c14-11-3-1-5-13(9-11)20(18,19)16-12-4-2-7-17(10-12)8-6-15/h1,3,5,9,12,16H,2,4,7-8,10H2/t12-/m1/s1. The molecule has 0 radical (unpaired) electrons. The molecule has 7 heteroatoms. The van der Waals surface area contributed by atoms with Crippen molar-refractivity contribution in [2.24, 2.45) is 0 Å². The Hall–Kier alpha value is -1.49. The SMILES string of the molecule is N#CCN1CCC[C@@H](NS(=O)(=O)c2cccc(F)c2)C1. The van der Waals surface area contributed by atoms with Gasteiger partial charge in [-0.25, -0.2) is 17.5 Å². The summed E-state index contributed by atoms with van der Waals surface area (Å²) in [5.41, 5.74) is 0. The molecular weight excluding hydrogens is 281 g/mol. The number of hydrogen-bond acceptors (Lipinski definition) is 4. The molecule has 1 aromatic rings. The third-order valence-corrected chi connectivity index (χ3v) is 4.75. The predicted molar refractivity (Wildman–Crippen MR) is 71.8 cm³/mol. The Balaban J connectivity index is 2.07. The molecule has 2 rings (SSSR count). The summed E-state index contributed by atoms with van der Waals surface area (Å²) < 4.78 is 40.0. The second-order valence-corrected chi connectivity index (χ2v) is 6.53. The number of benzene rings is 1. The fourth-order valence-corrected chi connectivity index (χ4v) is 3.61. The van der Waals surface area contributed by atoms with E-state index in [4.69, 9.17) is 5.26 Å². The highest BCUT2D eigenvalue weighted by atomic mass is 32.2. The van der Waals surface area contributed by atoms with Crippen LogP contribution in [0.3, 0.4) is 0 Å². The Morgan fingerprint density at radius 1 is 1.50 bits per heavy atom. The number of sulfonamides is 1. The number of piperidine rings is 1. The number of hydrogen-bond donors (Lipinski definition) is 1. The van der Waals surface area contributed by atoms with E-state index in [1.807, 2.05) is 4.90 Å². The highest BCUT2D eigenvalue weighted by Crippen LogP contribution is 2.15. The lowest BCUT2D eigenvalue weighted by atomic mass is 10.1. The van der Waals surface area contributed by atoms with E-state index >= 15 is 0 Å². The van der Waals surface area contributed by atoms with Crippen molar-refractivity contribution in [2.75, 3.05) is 19.6 Å². The van der Waals surface area contributed by atoms with Gasteiger partial charge in [-0.15, -0.1) is 0 Å². The Morgan fingerprint density at radius 3 is 3.00 bits per heavy atom. The van der Waals surface area contributed by atoms with Gasteiger partial charge < -0.3 is 0 Å². The minimum Gasteiger partial charge on any atom is -0.289 e. The van der Waals surface area contributed by atoms with Crippen molar-refractivity contribution < 1.29 is 12.8 Å². The first kappa shape index (κ1) is 14.9. The van der Waals surface area contributed by atoms with Crippen LogP contribution in [0, 0.1) is 17.1 Å². The molecule has 0 aromatic heterocycles. The summed E-state index contributed by atoms with van der Waals surface area (Å²) in [6.45, 7) is 1.59. The van der Waals surface area contributed by atoms with Crippen LogP contribution in [0.4, 0.5) is 4.39 Å². The number of nitrogens with zero attached hydrogens (tertiary/aromatic N) is 2. The van der Waals surface area contributed by atoms with Gasteiger partial charge in [0.2, 0.25) is 10.0 Å². The van der Waals surface area contributed by atoms with E-state index in [0.717, 1.165) is 25.5 Å². The van der Waals surface area contributed by atoms with Crippen LogP contribution >= 0.6 is 0 Å². The maximum Gasteiger partial charge on any atom is 0.240 e. The number of nitrogens with one attached hydrogen (secondary N) is 1. The molecule has 1 aliphatic rings. The zero-order valence-electron chi connectivity index (χ0n) is 10.9. The van der Waals surface area contributed by atoms with Crippen LogP contribution in [-0.2, 0) is 10.0 Å². The van der Waals surface area contributed by atoms with E-state index in [2.05, 4.69) is 10.8 Å². The van der Waals surface area contributed by atoms with Crippen LogP contribution in [0.1, 0.15) is 12.8 Å². The van der Waals surface area contributed by atoms with Crippen molar-refractivity contribution in [3.05, 3.63) is 30.1 Å². The van der Waals surface area contributed by atoms with Crippen LogP contribution in [-0.4, -0.2) is 39.0 Å². The number of halogens is 1. The number of likely N-dealkylation sites (tertiary alicyclic amines) is 1. The van der Waals surface area contributed by atoms with E-state index in [-0.39, 0.29) is 17.5 Å². The quantitative estimate of drug-likeness (QED) is 0.844. The molecule has 1 atom stereocenters. The first-order chi connectivity index (χ1) is 9.51. The van der Waals surface area contributed by atoms with Gasteiger partial charge in [-0.05, 0) is 37.6 Å². The topological polar surface area (TPSA) is 73.2 Å². The van der Waals surface area contributed by atoms with Crippen LogP contribution in [0.2, 0.25) is 0 Å². The molecule has 1 N–H and O–H groups in total. The average molecular weight is 297 g/mol. The van der Waals surface area contributed by atoms with Crippen molar-refractivity contribution in [1.29, 1.82) is 5.26 Å². The third-order valence-electron chi connectivity index (χ3n) is 3.23. The highest BCUT2D eigenvalue weighted by molar-refractivity contribution is 7.89. The van der Waals surface area contributed by atoms with Gasteiger partial charge >= 0.3 is 0 Å². The predicted octanol–water partition coefficient (Wildman–Crippen LogP) is 1.09. The van der Waals surface area contributed by atoms with E-state index in [1.165, 1.54) is 18.2 Å². The molecule has 1 heterocycles. The Bertz CT molecular complexity index is 612. The fraction of sp³-hybridized carbons (Fsp3) is 0.462.